The Morgan fingerprint density at radius 2 is 1.86 bits per heavy atom. The molecule has 0 bridgehead atoms. The zero-order valence-corrected chi connectivity index (χ0v) is 16.3. The molecule has 28 heavy (non-hydrogen) atoms. The van der Waals surface area contributed by atoms with Gasteiger partial charge in [0, 0.05) is 12.1 Å². The molecule has 0 aliphatic carbocycles. The van der Waals surface area contributed by atoms with E-state index in [4.69, 9.17) is 16.3 Å². The Hall–Kier alpha value is -2.30. The molecule has 152 valence electrons. The summed E-state index contributed by atoms with van der Waals surface area (Å²) in [5, 5.41) is 2.16. The molecule has 0 radical (unpaired) electrons. The van der Waals surface area contributed by atoms with Crippen LogP contribution in [0.15, 0.2) is 41.3 Å². The van der Waals surface area contributed by atoms with Crippen molar-refractivity contribution >= 4 is 33.2 Å². The molecule has 0 heterocycles. The molecule has 1 amide bonds. The number of carbonyl (C=O) groups excluding carboxylic acids is 1. The summed E-state index contributed by atoms with van der Waals surface area (Å²) in [5.74, 6) is -0.827. The Bertz CT molecular complexity index is 994. The Labute approximate surface area is 164 Å². The fraction of sp³-hybridized carbons (Fsp3) is 0.235. The van der Waals surface area contributed by atoms with Crippen LogP contribution in [0.4, 0.5) is 18.9 Å². The van der Waals surface area contributed by atoms with Gasteiger partial charge in [-0.2, -0.15) is 13.2 Å². The predicted molar refractivity (Wildman–Crippen MR) is 98.3 cm³/mol. The third-order valence-corrected chi connectivity index (χ3v) is 5.49. The Morgan fingerprint density at radius 3 is 2.43 bits per heavy atom. The molecule has 11 heteroatoms. The lowest BCUT2D eigenvalue weighted by Gasteiger charge is -2.13. The maximum absolute atomic E-state index is 12.9. The van der Waals surface area contributed by atoms with E-state index in [-0.39, 0.29) is 33.5 Å². The van der Waals surface area contributed by atoms with Gasteiger partial charge in [-0.05, 0) is 36.4 Å². The van der Waals surface area contributed by atoms with Crippen LogP contribution in [0.2, 0.25) is 5.02 Å². The van der Waals surface area contributed by atoms with E-state index < -0.39 is 27.7 Å². The van der Waals surface area contributed by atoms with Gasteiger partial charge < -0.3 is 10.1 Å². The average molecular weight is 437 g/mol. The minimum absolute atomic E-state index is 0.00889. The first-order chi connectivity index (χ1) is 13.0. The third kappa shape index (κ3) is 4.94. The summed E-state index contributed by atoms with van der Waals surface area (Å²) in [5.41, 5.74) is -1.35. The second-order valence-electron chi connectivity index (χ2n) is 5.51. The quantitative estimate of drug-likeness (QED) is 0.719. The summed E-state index contributed by atoms with van der Waals surface area (Å²) < 4.78 is 70.4. The van der Waals surface area contributed by atoms with Crippen molar-refractivity contribution in [3.8, 4) is 5.75 Å². The fourth-order valence-electron chi connectivity index (χ4n) is 2.29. The van der Waals surface area contributed by atoms with Crippen molar-refractivity contribution in [1.82, 2.24) is 4.72 Å². The van der Waals surface area contributed by atoms with Crippen molar-refractivity contribution < 1.29 is 31.1 Å². The Morgan fingerprint density at radius 1 is 1.18 bits per heavy atom. The van der Waals surface area contributed by atoms with Crippen molar-refractivity contribution in [2.75, 3.05) is 19.0 Å². The van der Waals surface area contributed by atoms with Gasteiger partial charge >= 0.3 is 6.18 Å². The summed E-state index contributed by atoms with van der Waals surface area (Å²) in [6.45, 7) is 1.69. The number of ether oxygens (including phenoxy) is 1. The summed E-state index contributed by atoms with van der Waals surface area (Å²) in [6.07, 6.45) is -4.61. The number of sulfonamides is 1. The molecular formula is C17H16ClF3N2O4S. The molecule has 0 aromatic heterocycles. The molecule has 0 aliphatic heterocycles. The lowest BCUT2D eigenvalue weighted by Crippen LogP contribution is -2.24. The van der Waals surface area contributed by atoms with Crippen LogP contribution in [-0.2, 0) is 16.2 Å². The highest BCUT2D eigenvalue weighted by Crippen LogP contribution is 2.34. The fourth-order valence-corrected chi connectivity index (χ4v) is 3.69. The molecule has 2 rings (SSSR count). The van der Waals surface area contributed by atoms with E-state index in [0.717, 1.165) is 18.2 Å². The van der Waals surface area contributed by atoms with Crippen molar-refractivity contribution in [3.63, 3.8) is 0 Å². The second-order valence-corrected chi connectivity index (χ2v) is 7.66. The number of nitrogens with one attached hydrogen (secondary N) is 2. The van der Waals surface area contributed by atoms with Gasteiger partial charge in [-0.15, -0.1) is 0 Å². The van der Waals surface area contributed by atoms with Crippen LogP contribution in [0.5, 0.6) is 5.75 Å². The number of hydrogen-bond donors (Lipinski definition) is 2. The van der Waals surface area contributed by atoms with Crippen LogP contribution in [-0.4, -0.2) is 28.0 Å². The molecule has 0 spiro atoms. The summed E-state index contributed by atoms with van der Waals surface area (Å²) >= 11 is 5.86. The van der Waals surface area contributed by atoms with Crippen LogP contribution >= 0.6 is 11.6 Å². The van der Waals surface area contributed by atoms with Gasteiger partial charge in [-0.1, -0.05) is 18.5 Å². The van der Waals surface area contributed by atoms with E-state index in [9.17, 15) is 26.4 Å². The van der Waals surface area contributed by atoms with Crippen LogP contribution in [0.3, 0.4) is 0 Å². The lowest BCUT2D eigenvalue weighted by atomic mass is 10.1. The van der Waals surface area contributed by atoms with Crippen molar-refractivity contribution in [2.24, 2.45) is 0 Å². The summed E-state index contributed by atoms with van der Waals surface area (Å²) in [4.78, 5) is 12.2. The number of halogens is 4. The smallest absolute Gasteiger partial charge is 0.416 e. The van der Waals surface area contributed by atoms with Gasteiger partial charge in [0.25, 0.3) is 5.91 Å². The van der Waals surface area contributed by atoms with Gasteiger partial charge in [0.05, 0.1) is 23.4 Å². The largest absolute Gasteiger partial charge is 0.495 e. The normalized spacial score (nSPS) is 11.9. The molecule has 0 unspecified atom stereocenters. The van der Waals surface area contributed by atoms with Gasteiger partial charge in [-0.3, -0.25) is 4.79 Å². The van der Waals surface area contributed by atoms with Gasteiger partial charge in [-0.25, -0.2) is 13.1 Å². The second kappa shape index (κ2) is 8.38. The minimum atomic E-state index is -4.61. The molecule has 0 saturated carbocycles. The van der Waals surface area contributed by atoms with Crippen LogP contribution in [0.25, 0.3) is 0 Å². The van der Waals surface area contributed by atoms with Crippen molar-refractivity contribution in [2.45, 2.75) is 18.0 Å². The van der Waals surface area contributed by atoms with Crippen LogP contribution < -0.4 is 14.8 Å². The Balaban J connectivity index is 2.41. The summed E-state index contributed by atoms with van der Waals surface area (Å²) in [7, 11) is -2.68. The number of carbonyl (C=O) groups is 1. The zero-order chi connectivity index (χ0) is 21.1. The molecule has 0 aliphatic rings. The highest BCUT2D eigenvalue weighted by molar-refractivity contribution is 7.89. The predicted octanol–water partition coefficient (Wildman–Crippen LogP) is 3.92. The first kappa shape index (κ1) is 22.0. The number of rotatable bonds is 6. The first-order valence-electron chi connectivity index (χ1n) is 7.85. The number of hydrogen-bond acceptors (Lipinski definition) is 4. The molecule has 0 saturated heterocycles. The average Bonchev–Trinajstić information content (AvgIpc) is 2.62. The third-order valence-electron chi connectivity index (χ3n) is 3.59. The minimum Gasteiger partial charge on any atom is -0.495 e. The van der Waals surface area contributed by atoms with E-state index in [2.05, 4.69) is 10.0 Å². The molecule has 2 N–H and O–H groups in total. The lowest BCUT2D eigenvalue weighted by molar-refractivity contribution is -0.137. The highest BCUT2D eigenvalue weighted by atomic mass is 35.5. The summed E-state index contributed by atoms with van der Waals surface area (Å²) in [6, 6.07) is 6.10. The van der Waals surface area contributed by atoms with E-state index in [1.165, 1.54) is 19.2 Å². The van der Waals surface area contributed by atoms with Gasteiger partial charge in [0.2, 0.25) is 10.0 Å². The maximum Gasteiger partial charge on any atom is 0.416 e. The van der Waals surface area contributed by atoms with Crippen molar-refractivity contribution in [3.05, 3.63) is 52.5 Å². The van der Waals surface area contributed by atoms with Gasteiger partial charge in [0.15, 0.2) is 0 Å². The highest BCUT2D eigenvalue weighted by Gasteiger charge is 2.31. The van der Waals surface area contributed by atoms with E-state index in [1.807, 2.05) is 0 Å². The number of alkyl halides is 3. The Kier molecular flexibility index (Phi) is 6.58. The molecule has 0 fully saturated rings. The van der Waals surface area contributed by atoms with Crippen molar-refractivity contribution in [1.29, 1.82) is 0 Å². The van der Waals surface area contributed by atoms with Gasteiger partial charge in [0.1, 0.15) is 10.6 Å². The zero-order valence-electron chi connectivity index (χ0n) is 14.7. The molecule has 2 aromatic rings. The topological polar surface area (TPSA) is 84.5 Å². The number of anilines is 1. The van der Waals surface area contributed by atoms with Crippen LogP contribution in [0, 0.1) is 0 Å². The molecule has 6 nitrogen and oxygen atoms in total. The SMILES string of the molecule is CCNS(=O)(=O)c1cc(C(=O)Nc2cc(C(F)(F)F)ccc2Cl)ccc1OC. The monoisotopic (exact) mass is 436 g/mol. The van der Waals surface area contributed by atoms with E-state index in [0.29, 0.717) is 6.07 Å². The number of benzene rings is 2. The molecular weight excluding hydrogens is 421 g/mol. The number of amides is 1. The number of methoxy groups -OCH3 is 1. The van der Waals surface area contributed by atoms with E-state index in [1.54, 1.807) is 6.92 Å². The molecule has 0 atom stereocenters. The first-order valence-corrected chi connectivity index (χ1v) is 9.71. The van der Waals surface area contributed by atoms with Crippen LogP contribution in [0.1, 0.15) is 22.8 Å². The standard InChI is InChI=1S/C17H16ClF3N2O4S/c1-3-22-28(25,26)15-8-10(4-7-14(15)27-2)16(24)23-13-9-11(17(19,20)21)5-6-12(13)18/h4-9,22H,3H2,1-2H3,(H,23,24). The van der Waals surface area contributed by atoms with E-state index >= 15 is 0 Å². The molecule has 2 aromatic carbocycles. The maximum atomic E-state index is 12.9.